The monoisotopic (exact) mass is 639 g/mol. The highest BCUT2D eigenvalue weighted by molar-refractivity contribution is 7.92. The van der Waals surface area contributed by atoms with Crippen molar-refractivity contribution in [3.63, 3.8) is 0 Å². The van der Waals surface area contributed by atoms with Gasteiger partial charge in [-0.1, -0.05) is 18.2 Å². The molecule has 0 saturated carbocycles. The van der Waals surface area contributed by atoms with E-state index in [2.05, 4.69) is 41.0 Å². The molecule has 2 aromatic carbocycles. The van der Waals surface area contributed by atoms with Crippen LogP contribution in [-0.4, -0.2) is 50.1 Å². The van der Waals surface area contributed by atoms with Crippen molar-refractivity contribution in [1.29, 1.82) is 0 Å². The van der Waals surface area contributed by atoms with E-state index < -0.39 is 16.0 Å². The first-order valence-electron chi connectivity index (χ1n) is 14.3. The molecule has 9 nitrogen and oxygen atoms in total. The molecular formula is C33H39F2N5O4S. The lowest BCUT2D eigenvalue weighted by atomic mass is 10.0. The molecule has 0 amide bonds. The van der Waals surface area contributed by atoms with Gasteiger partial charge in [-0.25, -0.2) is 18.7 Å². The van der Waals surface area contributed by atoms with Crippen molar-refractivity contribution >= 4 is 21.5 Å². The number of halogens is 2. The molecule has 0 saturated heterocycles. The predicted molar refractivity (Wildman–Crippen MR) is 171 cm³/mol. The van der Waals surface area contributed by atoms with Crippen molar-refractivity contribution in [3.05, 3.63) is 101 Å². The minimum absolute atomic E-state index is 0.105. The summed E-state index contributed by atoms with van der Waals surface area (Å²) in [5.74, 6) is -0.380. The first-order valence-corrected chi connectivity index (χ1v) is 15.7. The highest BCUT2D eigenvalue weighted by Crippen LogP contribution is 2.31. The maximum atomic E-state index is 15.0. The summed E-state index contributed by atoms with van der Waals surface area (Å²) in [6, 6.07) is 16.8. The average molecular weight is 640 g/mol. The van der Waals surface area contributed by atoms with Gasteiger partial charge in [0.15, 0.2) is 5.03 Å². The van der Waals surface area contributed by atoms with E-state index in [1.165, 1.54) is 38.5 Å². The number of sulfonamides is 1. The quantitative estimate of drug-likeness (QED) is 0.180. The molecule has 4 rings (SSSR count). The summed E-state index contributed by atoms with van der Waals surface area (Å²) in [4.78, 5) is 10.4. The normalized spacial score (nSPS) is 11.9. The molecule has 4 aromatic rings. The highest BCUT2D eigenvalue weighted by atomic mass is 32.2. The smallest absolute Gasteiger partial charge is 0.283 e. The summed E-state index contributed by atoms with van der Waals surface area (Å²) in [5.41, 5.74) is 2.68. The van der Waals surface area contributed by atoms with Gasteiger partial charge in [-0.15, -0.1) is 0 Å². The van der Waals surface area contributed by atoms with E-state index in [9.17, 15) is 17.2 Å². The summed E-state index contributed by atoms with van der Waals surface area (Å²) >= 11 is 0. The Morgan fingerprint density at radius 3 is 2.27 bits per heavy atom. The second-order valence-electron chi connectivity index (χ2n) is 11.5. The molecule has 0 aliphatic rings. The number of nitrogens with zero attached hydrogens (tertiary/aromatic N) is 4. The van der Waals surface area contributed by atoms with Crippen LogP contribution >= 0.6 is 0 Å². The van der Waals surface area contributed by atoms with Gasteiger partial charge in [0.05, 0.1) is 32.1 Å². The standard InChI is InChI=1S/C33H39F2N5O4S/c1-22-28(36-19-26-23(10-8-11-27(26)34)20-39(5)33(2,3)4)16-17-32(37-22)45(41,42)40(31-13-9-12-30(35)38-31)21-24-14-15-25(43-6)18-29(24)44-7/h8-18,36H,19-21H2,1-7H3. The van der Waals surface area contributed by atoms with Crippen LogP contribution in [0.25, 0.3) is 0 Å². The largest absolute Gasteiger partial charge is 0.497 e. The number of methoxy groups -OCH3 is 2. The molecule has 0 bridgehead atoms. The third-order valence-corrected chi connectivity index (χ3v) is 9.26. The van der Waals surface area contributed by atoms with E-state index in [0.717, 1.165) is 15.9 Å². The van der Waals surface area contributed by atoms with E-state index in [-0.39, 0.29) is 35.3 Å². The number of pyridine rings is 2. The van der Waals surface area contributed by atoms with Gasteiger partial charge in [-0.2, -0.15) is 12.8 Å². The Kier molecular flexibility index (Phi) is 10.3. The maximum absolute atomic E-state index is 15.0. The van der Waals surface area contributed by atoms with Crippen LogP contribution in [0.2, 0.25) is 0 Å². The summed E-state index contributed by atoms with van der Waals surface area (Å²) in [6.45, 7) is 8.44. The zero-order chi connectivity index (χ0) is 32.9. The van der Waals surface area contributed by atoms with Crippen LogP contribution in [0.3, 0.4) is 0 Å². The van der Waals surface area contributed by atoms with Crippen LogP contribution in [0.15, 0.2) is 71.8 Å². The number of aryl methyl sites for hydroxylation is 1. The number of nitrogens with one attached hydrogen (secondary N) is 1. The van der Waals surface area contributed by atoms with Crippen LogP contribution in [-0.2, 0) is 29.7 Å². The van der Waals surface area contributed by atoms with E-state index in [1.54, 1.807) is 37.3 Å². The Morgan fingerprint density at radius 1 is 0.889 bits per heavy atom. The van der Waals surface area contributed by atoms with Crippen molar-refractivity contribution < 1.29 is 26.7 Å². The summed E-state index contributed by atoms with van der Waals surface area (Å²) < 4.78 is 69.0. The molecule has 2 heterocycles. The molecule has 0 radical (unpaired) electrons. The highest BCUT2D eigenvalue weighted by Gasteiger charge is 2.29. The van der Waals surface area contributed by atoms with Crippen molar-refractivity contribution in [2.45, 2.75) is 57.9 Å². The zero-order valence-electron chi connectivity index (χ0n) is 26.6. The van der Waals surface area contributed by atoms with E-state index in [4.69, 9.17) is 9.47 Å². The molecule has 2 aromatic heterocycles. The van der Waals surface area contributed by atoms with Gasteiger partial charge in [-0.3, -0.25) is 4.90 Å². The number of anilines is 2. The summed E-state index contributed by atoms with van der Waals surface area (Å²) in [7, 11) is 0.614. The number of rotatable bonds is 12. The molecule has 0 fully saturated rings. The van der Waals surface area contributed by atoms with Gasteiger partial charge < -0.3 is 14.8 Å². The molecule has 1 N–H and O–H groups in total. The van der Waals surface area contributed by atoms with E-state index >= 15 is 0 Å². The predicted octanol–water partition coefficient (Wildman–Crippen LogP) is 6.32. The van der Waals surface area contributed by atoms with Gasteiger partial charge in [0.25, 0.3) is 10.0 Å². The Hall–Kier alpha value is -4.29. The molecule has 45 heavy (non-hydrogen) atoms. The minimum atomic E-state index is -4.34. The fourth-order valence-corrected chi connectivity index (χ4v) is 5.94. The van der Waals surface area contributed by atoms with Gasteiger partial charge in [0.1, 0.15) is 23.1 Å². The Bertz CT molecular complexity index is 1760. The van der Waals surface area contributed by atoms with Gasteiger partial charge in [-0.05, 0) is 82.8 Å². The molecule has 240 valence electrons. The molecule has 0 unspecified atom stereocenters. The Morgan fingerprint density at radius 2 is 1.62 bits per heavy atom. The lowest BCUT2D eigenvalue weighted by molar-refractivity contribution is 0.167. The minimum Gasteiger partial charge on any atom is -0.497 e. The van der Waals surface area contributed by atoms with Crippen LogP contribution in [0.4, 0.5) is 20.3 Å². The van der Waals surface area contributed by atoms with E-state index in [0.29, 0.717) is 40.6 Å². The zero-order valence-corrected chi connectivity index (χ0v) is 27.4. The summed E-state index contributed by atoms with van der Waals surface area (Å²) in [5, 5.41) is 2.95. The Labute approximate surface area is 263 Å². The molecule has 0 aliphatic carbocycles. The molecule has 0 aliphatic heterocycles. The molecule has 0 atom stereocenters. The fraction of sp³-hybridized carbons (Fsp3) is 0.333. The molecule has 12 heteroatoms. The number of benzene rings is 2. The van der Waals surface area contributed by atoms with Gasteiger partial charge >= 0.3 is 0 Å². The third-order valence-electron chi connectivity index (χ3n) is 7.60. The van der Waals surface area contributed by atoms with Crippen molar-refractivity contribution in [1.82, 2.24) is 14.9 Å². The fourth-order valence-electron chi connectivity index (χ4n) is 4.57. The van der Waals surface area contributed by atoms with Gasteiger partial charge in [0, 0.05) is 35.8 Å². The lowest BCUT2D eigenvalue weighted by Gasteiger charge is -2.32. The van der Waals surface area contributed by atoms with Crippen LogP contribution < -0.4 is 19.1 Å². The first-order chi connectivity index (χ1) is 21.2. The maximum Gasteiger partial charge on any atom is 0.283 e. The van der Waals surface area contributed by atoms with E-state index in [1.807, 2.05) is 13.1 Å². The average Bonchev–Trinajstić information content (AvgIpc) is 2.99. The van der Waals surface area contributed by atoms with Crippen molar-refractivity contribution in [2.24, 2.45) is 0 Å². The molecular weight excluding hydrogens is 600 g/mol. The SMILES string of the molecule is COc1ccc(CN(c2cccc(F)n2)S(=O)(=O)c2ccc(NCc3c(F)cccc3CN(C)C(C)(C)C)c(C)n2)c(OC)c1. The number of ether oxygens (including phenoxy) is 2. The Balaban J connectivity index is 1.64. The number of hydrogen-bond acceptors (Lipinski definition) is 8. The second kappa shape index (κ2) is 13.8. The number of aromatic nitrogens is 2. The van der Waals surface area contributed by atoms with Crippen molar-refractivity contribution in [3.8, 4) is 11.5 Å². The second-order valence-corrected chi connectivity index (χ2v) is 13.4. The first kappa shape index (κ1) is 33.6. The van der Waals surface area contributed by atoms with Gasteiger partial charge in [0.2, 0.25) is 5.95 Å². The summed E-state index contributed by atoms with van der Waals surface area (Å²) in [6.07, 6.45) is 0. The third kappa shape index (κ3) is 7.87. The van der Waals surface area contributed by atoms with Crippen LogP contribution in [0, 0.1) is 18.7 Å². The number of hydrogen-bond donors (Lipinski definition) is 1. The van der Waals surface area contributed by atoms with Crippen LogP contribution in [0.1, 0.15) is 43.2 Å². The lowest BCUT2D eigenvalue weighted by Crippen LogP contribution is -2.37. The van der Waals surface area contributed by atoms with Crippen LogP contribution in [0.5, 0.6) is 11.5 Å². The van der Waals surface area contributed by atoms with Crippen molar-refractivity contribution in [2.75, 3.05) is 30.9 Å². The molecule has 0 spiro atoms. The topological polar surface area (TPSA) is 96.9 Å².